The Hall–Kier alpha value is -1.65. The summed E-state index contributed by atoms with van der Waals surface area (Å²) in [5.74, 6) is 1.40. The van der Waals surface area contributed by atoms with Crippen LogP contribution in [0.5, 0.6) is 5.75 Å². The Balaban J connectivity index is 2.04. The molecule has 0 aliphatic carbocycles. The normalized spacial score (nSPS) is 11.8. The van der Waals surface area contributed by atoms with Crippen LogP contribution in [-0.4, -0.2) is 17.8 Å². The summed E-state index contributed by atoms with van der Waals surface area (Å²) in [4.78, 5) is 13.4. The van der Waals surface area contributed by atoms with Crippen molar-refractivity contribution in [2.45, 2.75) is 31.8 Å². The molecule has 1 amide bonds. The third-order valence-electron chi connectivity index (χ3n) is 3.26. The number of aryl methyl sites for hydroxylation is 1. The molecule has 0 aliphatic heterocycles. The van der Waals surface area contributed by atoms with Crippen molar-refractivity contribution in [3.05, 3.63) is 53.1 Å². The zero-order valence-corrected chi connectivity index (χ0v) is 15.0. The summed E-state index contributed by atoms with van der Waals surface area (Å²) in [5.41, 5.74) is 1.73. The van der Waals surface area contributed by atoms with Crippen molar-refractivity contribution in [3.8, 4) is 5.75 Å². The van der Waals surface area contributed by atoms with E-state index >= 15 is 0 Å². The van der Waals surface area contributed by atoms with Gasteiger partial charge in [0.25, 0.3) is 5.91 Å². The van der Waals surface area contributed by atoms with Crippen LogP contribution in [0, 0.1) is 6.92 Å². The highest BCUT2D eigenvalue weighted by Gasteiger charge is 2.16. The van der Waals surface area contributed by atoms with Gasteiger partial charge in [-0.1, -0.05) is 30.7 Å². The number of carbonyl (C=O) groups excluding carboxylic acids is 1. The number of thioether (sulfide) groups is 1. The minimum absolute atomic E-state index is 0.179. The first-order valence-electron chi connectivity index (χ1n) is 7.46. The van der Waals surface area contributed by atoms with Gasteiger partial charge in [0.05, 0.1) is 5.69 Å². The number of ether oxygens (including phenoxy) is 1. The second-order valence-electron chi connectivity index (χ2n) is 5.09. The van der Waals surface area contributed by atoms with Crippen molar-refractivity contribution in [1.29, 1.82) is 0 Å². The summed E-state index contributed by atoms with van der Waals surface area (Å²) >= 11 is 7.69. The number of hydrogen-bond donors (Lipinski definition) is 1. The van der Waals surface area contributed by atoms with Crippen molar-refractivity contribution in [2.75, 3.05) is 11.1 Å². The lowest BCUT2D eigenvalue weighted by molar-refractivity contribution is -0.122. The smallest absolute Gasteiger partial charge is 0.265 e. The number of hydrogen-bond acceptors (Lipinski definition) is 3. The number of nitrogens with one attached hydrogen (secondary N) is 1. The summed E-state index contributed by atoms with van der Waals surface area (Å²) < 4.78 is 5.71. The number of benzene rings is 2. The van der Waals surface area contributed by atoms with Crippen LogP contribution in [0.4, 0.5) is 5.69 Å². The van der Waals surface area contributed by atoms with Crippen molar-refractivity contribution >= 4 is 35.0 Å². The summed E-state index contributed by atoms with van der Waals surface area (Å²) in [6.45, 7) is 5.71. The Morgan fingerprint density at radius 1 is 1.30 bits per heavy atom. The molecule has 0 fully saturated rings. The van der Waals surface area contributed by atoms with Gasteiger partial charge < -0.3 is 10.1 Å². The number of para-hydroxylation sites is 1. The van der Waals surface area contributed by atoms with Crippen LogP contribution in [-0.2, 0) is 4.79 Å². The Morgan fingerprint density at radius 2 is 2.04 bits per heavy atom. The molecular weight excluding hydrogens is 330 g/mol. The lowest BCUT2D eigenvalue weighted by Gasteiger charge is -2.16. The molecule has 0 aromatic heterocycles. The van der Waals surface area contributed by atoms with Crippen LogP contribution in [0.2, 0.25) is 5.02 Å². The maximum Gasteiger partial charge on any atom is 0.265 e. The highest BCUT2D eigenvalue weighted by molar-refractivity contribution is 7.99. The predicted molar refractivity (Wildman–Crippen MR) is 97.7 cm³/mol. The van der Waals surface area contributed by atoms with Gasteiger partial charge in [0.1, 0.15) is 5.75 Å². The standard InChI is InChI=1S/C18H20ClNO2S/c1-4-23-17-8-6-5-7-16(17)20-18(21)13(3)22-14-9-10-15(19)12(2)11-14/h5-11,13H,4H2,1-3H3,(H,20,21)/t13-/m0/s1. The number of rotatable bonds is 6. The third-order valence-corrected chi connectivity index (χ3v) is 4.64. The van der Waals surface area contributed by atoms with E-state index in [-0.39, 0.29) is 5.91 Å². The summed E-state index contributed by atoms with van der Waals surface area (Å²) in [6, 6.07) is 13.1. The Labute approximate surface area is 146 Å². The average Bonchev–Trinajstić information content (AvgIpc) is 2.53. The molecule has 2 rings (SSSR count). The van der Waals surface area contributed by atoms with E-state index in [0.717, 1.165) is 21.9 Å². The van der Waals surface area contributed by atoms with Gasteiger partial charge in [-0.2, -0.15) is 0 Å². The molecule has 0 saturated carbocycles. The SMILES string of the molecule is CCSc1ccccc1NC(=O)[C@H](C)Oc1ccc(Cl)c(C)c1. The van der Waals surface area contributed by atoms with Gasteiger partial charge in [0, 0.05) is 9.92 Å². The summed E-state index contributed by atoms with van der Waals surface area (Å²) in [7, 11) is 0. The molecule has 5 heteroatoms. The lowest BCUT2D eigenvalue weighted by Crippen LogP contribution is -2.30. The second kappa shape index (κ2) is 8.27. The molecule has 3 nitrogen and oxygen atoms in total. The Kier molecular flexibility index (Phi) is 6.37. The largest absolute Gasteiger partial charge is 0.481 e. The fourth-order valence-corrected chi connectivity index (χ4v) is 2.91. The zero-order chi connectivity index (χ0) is 16.8. The Bertz CT molecular complexity index is 690. The molecule has 23 heavy (non-hydrogen) atoms. The molecule has 0 spiro atoms. The minimum atomic E-state index is -0.602. The first-order valence-corrected chi connectivity index (χ1v) is 8.83. The van der Waals surface area contributed by atoms with Crippen LogP contribution >= 0.6 is 23.4 Å². The van der Waals surface area contributed by atoms with Crippen LogP contribution in [0.25, 0.3) is 0 Å². The van der Waals surface area contributed by atoms with Crippen LogP contribution in [0.1, 0.15) is 19.4 Å². The Morgan fingerprint density at radius 3 is 2.74 bits per heavy atom. The molecule has 0 saturated heterocycles. The van der Waals surface area contributed by atoms with Crippen molar-refractivity contribution in [1.82, 2.24) is 0 Å². The topological polar surface area (TPSA) is 38.3 Å². The average molecular weight is 350 g/mol. The maximum atomic E-state index is 12.4. The maximum absolute atomic E-state index is 12.4. The van der Waals surface area contributed by atoms with Crippen molar-refractivity contribution in [3.63, 3.8) is 0 Å². The van der Waals surface area contributed by atoms with Gasteiger partial charge in [-0.25, -0.2) is 0 Å². The highest BCUT2D eigenvalue weighted by atomic mass is 35.5. The second-order valence-corrected chi connectivity index (χ2v) is 6.80. The third kappa shape index (κ3) is 4.91. The highest BCUT2D eigenvalue weighted by Crippen LogP contribution is 2.27. The van der Waals surface area contributed by atoms with Crippen molar-refractivity contribution in [2.24, 2.45) is 0 Å². The van der Waals surface area contributed by atoms with E-state index in [0.29, 0.717) is 10.8 Å². The lowest BCUT2D eigenvalue weighted by atomic mass is 10.2. The molecule has 0 heterocycles. The van der Waals surface area contributed by atoms with E-state index in [2.05, 4.69) is 12.2 Å². The van der Waals surface area contributed by atoms with Gasteiger partial charge in [-0.3, -0.25) is 4.79 Å². The predicted octanol–water partition coefficient (Wildman–Crippen LogP) is 5.17. The summed E-state index contributed by atoms with van der Waals surface area (Å²) in [5, 5.41) is 3.61. The fourth-order valence-electron chi connectivity index (χ4n) is 2.03. The summed E-state index contributed by atoms with van der Waals surface area (Å²) in [6.07, 6.45) is -0.602. The number of carbonyl (C=O) groups is 1. The van der Waals surface area contributed by atoms with E-state index in [1.165, 1.54) is 0 Å². The number of amides is 1. The van der Waals surface area contributed by atoms with Gasteiger partial charge in [-0.15, -0.1) is 11.8 Å². The van der Waals surface area contributed by atoms with Gasteiger partial charge in [0.2, 0.25) is 0 Å². The monoisotopic (exact) mass is 349 g/mol. The van der Waals surface area contributed by atoms with E-state index in [1.807, 2.05) is 37.3 Å². The van der Waals surface area contributed by atoms with Gasteiger partial charge in [0.15, 0.2) is 6.10 Å². The molecule has 0 unspecified atom stereocenters. The molecule has 2 aromatic carbocycles. The van der Waals surface area contributed by atoms with Crippen molar-refractivity contribution < 1.29 is 9.53 Å². The van der Waals surface area contributed by atoms with E-state index < -0.39 is 6.10 Å². The minimum Gasteiger partial charge on any atom is -0.481 e. The first-order chi connectivity index (χ1) is 11.0. The van der Waals surface area contributed by atoms with Crippen LogP contribution in [0.3, 0.4) is 0 Å². The molecular formula is C18H20ClNO2S. The van der Waals surface area contributed by atoms with Gasteiger partial charge >= 0.3 is 0 Å². The molecule has 0 bridgehead atoms. The number of halogens is 1. The quantitative estimate of drug-likeness (QED) is 0.731. The van der Waals surface area contributed by atoms with E-state index in [1.54, 1.807) is 30.8 Å². The zero-order valence-electron chi connectivity index (χ0n) is 13.4. The molecule has 0 aliphatic rings. The molecule has 2 aromatic rings. The molecule has 1 atom stereocenters. The fraction of sp³-hybridized carbons (Fsp3) is 0.278. The number of anilines is 1. The molecule has 122 valence electrons. The van der Waals surface area contributed by atoms with E-state index in [9.17, 15) is 4.79 Å². The first kappa shape index (κ1) is 17.7. The van der Waals surface area contributed by atoms with Crippen LogP contribution < -0.4 is 10.1 Å². The molecule has 0 radical (unpaired) electrons. The van der Waals surface area contributed by atoms with Crippen LogP contribution in [0.15, 0.2) is 47.4 Å². The van der Waals surface area contributed by atoms with Gasteiger partial charge in [-0.05, 0) is 55.5 Å². The molecule has 1 N–H and O–H groups in total. The van der Waals surface area contributed by atoms with E-state index in [4.69, 9.17) is 16.3 Å².